The van der Waals surface area contributed by atoms with Gasteiger partial charge >= 0.3 is 0 Å². The minimum Gasteiger partial charge on any atom is -0.370 e. The number of rotatable bonds is 4. The predicted molar refractivity (Wildman–Crippen MR) is 108 cm³/mol. The van der Waals surface area contributed by atoms with Crippen LogP contribution in [-0.4, -0.2) is 42.4 Å². The van der Waals surface area contributed by atoms with Gasteiger partial charge in [0.25, 0.3) is 11.8 Å². The summed E-state index contributed by atoms with van der Waals surface area (Å²) >= 11 is 1.58. The topological polar surface area (TPSA) is 98.5 Å². The van der Waals surface area contributed by atoms with E-state index in [4.69, 9.17) is 14.0 Å². The van der Waals surface area contributed by atoms with Crippen LogP contribution in [0, 0.1) is 0 Å². The van der Waals surface area contributed by atoms with Crippen LogP contribution in [-0.2, 0) is 28.0 Å². The van der Waals surface area contributed by atoms with Crippen LogP contribution < -0.4 is 10.6 Å². The lowest BCUT2D eigenvalue weighted by Gasteiger charge is -2.40. The summed E-state index contributed by atoms with van der Waals surface area (Å²) in [7, 11) is 0. The molecular weight excluding hydrogens is 416 g/mol. The maximum absolute atomic E-state index is 12.7. The van der Waals surface area contributed by atoms with Gasteiger partial charge in [0.05, 0.1) is 23.6 Å². The molecule has 0 radical (unpaired) electrons. The summed E-state index contributed by atoms with van der Waals surface area (Å²) in [6, 6.07) is 2.02. The van der Waals surface area contributed by atoms with Crippen LogP contribution in [0.25, 0.3) is 0 Å². The van der Waals surface area contributed by atoms with Gasteiger partial charge in [0.15, 0.2) is 5.82 Å². The molecule has 3 aliphatic heterocycles. The number of carbonyl (C=O) groups is 1. The van der Waals surface area contributed by atoms with Gasteiger partial charge in [-0.2, -0.15) is 4.98 Å². The highest BCUT2D eigenvalue weighted by atomic mass is 35.5. The number of amides is 1. The van der Waals surface area contributed by atoms with Crippen LogP contribution in [0.5, 0.6) is 0 Å². The number of nitrogens with one attached hydrogen (secondary N) is 2. The lowest BCUT2D eigenvalue weighted by Crippen LogP contribution is -2.44. The van der Waals surface area contributed by atoms with Crippen LogP contribution in [0.4, 0.5) is 0 Å². The fourth-order valence-corrected chi connectivity index (χ4v) is 5.41. The number of ether oxygens (including phenoxy) is 2. The molecule has 5 rings (SSSR count). The smallest absolute Gasteiger partial charge is 0.261 e. The number of fused-ring (bicyclic) bond motifs is 2. The number of nitrogens with zero attached hydrogens (tertiary/aromatic N) is 2. The molecule has 10 heteroatoms. The lowest BCUT2D eigenvalue weighted by atomic mass is 9.83. The molecule has 8 nitrogen and oxygen atoms in total. The maximum atomic E-state index is 12.7. The van der Waals surface area contributed by atoms with E-state index in [9.17, 15) is 4.79 Å². The standard InChI is InChI=1S/C19H24N4O4S.ClH/c24-17(21-11-16-22-18(27-23-16)13-2-1-8-25-13)15-10-12-14(28-15)3-9-26-19(12)4-6-20-7-5-19;/h10,13,20H,1-9,11H2,(H,21,24);1H. The minimum atomic E-state index is -0.224. The van der Waals surface area contributed by atoms with Gasteiger partial charge in [-0.3, -0.25) is 4.79 Å². The Kier molecular flexibility index (Phi) is 6.21. The number of piperidine rings is 1. The van der Waals surface area contributed by atoms with Gasteiger partial charge in [0.2, 0.25) is 0 Å². The quantitative estimate of drug-likeness (QED) is 0.753. The zero-order valence-corrected chi connectivity index (χ0v) is 17.7. The zero-order chi connectivity index (χ0) is 19.0. The Labute approximate surface area is 179 Å². The summed E-state index contributed by atoms with van der Waals surface area (Å²) < 4.78 is 17.0. The van der Waals surface area contributed by atoms with E-state index in [-0.39, 0.29) is 36.6 Å². The third-order valence-corrected chi connectivity index (χ3v) is 6.93. The van der Waals surface area contributed by atoms with E-state index in [0.717, 1.165) is 63.3 Å². The average molecular weight is 441 g/mol. The highest BCUT2D eigenvalue weighted by molar-refractivity contribution is 7.14. The molecule has 2 N–H and O–H groups in total. The molecule has 0 bridgehead atoms. The molecule has 1 atom stereocenters. The van der Waals surface area contributed by atoms with Crippen molar-refractivity contribution < 1.29 is 18.8 Å². The fourth-order valence-electron chi connectivity index (χ4n) is 4.26. The second kappa shape index (κ2) is 8.69. The Bertz CT molecular complexity index is 858. The first-order chi connectivity index (χ1) is 13.7. The van der Waals surface area contributed by atoms with E-state index in [2.05, 4.69) is 20.8 Å². The Hall–Kier alpha value is -1.52. The molecular formula is C19H25ClN4O4S. The highest BCUT2D eigenvalue weighted by Gasteiger charge is 2.40. The second-order valence-electron chi connectivity index (χ2n) is 7.52. The summed E-state index contributed by atoms with van der Waals surface area (Å²) in [6.45, 7) is 3.58. The van der Waals surface area contributed by atoms with Crippen LogP contribution in [0.15, 0.2) is 10.6 Å². The third-order valence-electron chi connectivity index (χ3n) is 5.74. The van der Waals surface area contributed by atoms with Gasteiger partial charge in [0.1, 0.15) is 6.10 Å². The fraction of sp³-hybridized carbons (Fsp3) is 0.632. The molecule has 0 aliphatic carbocycles. The first-order valence-corrected chi connectivity index (χ1v) is 10.8. The van der Waals surface area contributed by atoms with E-state index in [1.807, 2.05) is 6.07 Å². The lowest BCUT2D eigenvalue weighted by molar-refractivity contribution is -0.0792. The molecule has 1 unspecified atom stereocenters. The van der Waals surface area contributed by atoms with Gasteiger partial charge < -0.3 is 24.6 Å². The van der Waals surface area contributed by atoms with Gasteiger partial charge in [-0.05, 0) is 50.4 Å². The Morgan fingerprint density at radius 1 is 1.34 bits per heavy atom. The molecule has 1 amide bonds. The van der Waals surface area contributed by atoms with Crippen LogP contribution in [0.2, 0.25) is 0 Å². The van der Waals surface area contributed by atoms with Crippen molar-refractivity contribution in [3.05, 3.63) is 33.1 Å². The molecule has 0 aromatic carbocycles. The number of halogens is 1. The minimum absolute atomic E-state index is 0. The monoisotopic (exact) mass is 440 g/mol. The Morgan fingerprint density at radius 2 is 2.21 bits per heavy atom. The van der Waals surface area contributed by atoms with E-state index in [1.165, 1.54) is 10.4 Å². The molecule has 3 aliphatic rings. The number of carbonyl (C=O) groups excluding carboxylic acids is 1. The number of hydrogen-bond acceptors (Lipinski definition) is 8. The maximum Gasteiger partial charge on any atom is 0.261 e. The Morgan fingerprint density at radius 3 is 3.00 bits per heavy atom. The third kappa shape index (κ3) is 4.06. The van der Waals surface area contributed by atoms with E-state index in [0.29, 0.717) is 11.7 Å². The SMILES string of the molecule is Cl.O=C(NCc1noc(C2CCCO2)n1)c1cc2c(s1)CCOC21CCNCC1. The molecule has 29 heavy (non-hydrogen) atoms. The highest BCUT2D eigenvalue weighted by Crippen LogP contribution is 2.43. The van der Waals surface area contributed by atoms with Gasteiger partial charge in [-0.25, -0.2) is 0 Å². The number of thiophene rings is 1. The van der Waals surface area contributed by atoms with E-state index >= 15 is 0 Å². The van der Waals surface area contributed by atoms with Crippen molar-refractivity contribution >= 4 is 29.7 Å². The van der Waals surface area contributed by atoms with Crippen molar-refractivity contribution in [1.82, 2.24) is 20.8 Å². The van der Waals surface area contributed by atoms with Crippen molar-refractivity contribution in [1.29, 1.82) is 0 Å². The zero-order valence-electron chi connectivity index (χ0n) is 16.1. The molecule has 158 valence electrons. The summed E-state index contributed by atoms with van der Waals surface area (Å²) in [6.07, 6.45) is 4.57. The van der Waals surface area contributed by atoms with Crippen molar-refractivity contribution in [3.8, 4) is 0 Å². The van der Waals surface area contributed by atoms with Crippen molar-refractivity contribution in [2.75, 3.05) is 26.3 Å². The first kappa shape index (κ1) is 20.7. The molecule has 2 aromatic heterocycles. The number of hydrogen-bond donors (Lipinski definition) is 2. The van der Waals surface area contributed by atoms with Crippen LogP contribution in [0.3, 0.4) is 0 Å². The number of aromatic nitrogens is 2. The predicted octanol–water partition coefficient (Wildman–Crippen LogP) is 2.49. The second-order valence-corrected chi connectivity index (χ2v) is 8.66. The van der Waals surface area contributed by atoms with Crippen LogP contribution in [0.1, 0.15) is 63.6 Å². The molecule has 2 aromatic rings. The Balaban J connectivity index is 0.00000205. The van der Waals surface area contributed by atoms with Crippen molar-refractivity contribution in [3.63, 3.8) is 0 Å². The average Bonchev–Trinajstić information content (AvgIpc) is 3.47. The largest absolute Gasteiger partial charge is 0.370 e. The molecule has 2 saturated heterocycles. The summed E-state index contributed by atoms with van der Waals surface area (Å²) in [5.74, 6) is 0.864. The van der Waals surface area contributed by atoms with Gasteiger partial charge in [0, 0.05) is 17.9 Å². The molecule has 0 saturated carbocycles. The normalized spacial score (nSPS) is 22.8. The molecule has 1 spiro atoms. The summed E-state index contributed by atoms with van der Waals surface area (Å²) in [5, 5.41) is 10.3. The van der Waals surface area contributed by atoms with E-state index in [1.54, 1.807) is 11.3 Å². The molecule has 2 fully saturated rings. The van der Waals surface area contributed by atoms with Crippen molar-refractivity contribution in [2.45, 2.75) is 50.4 Å². The summed E-state index contributed by atoms with van der Waals surface area (Å²) in [5.41, 5.74) is 0.980. The van der Waals surface area contributed by atoms with Crippen molar-refractivity contribution in [2.24, 2.45) is 0 Å². The summed E-state index contributed by atoms with van der Waals surface area (Å²) in [4.78, 5) is 19.1. The van der Waals surface area contributed by atoms with Gasteiger partial charge in [-0.1, -0.05) is 5.16 Å². The first-order valence-electron chi connectivity index (χ1n) is 9.94. The van der Waals surface area contributed by atoms with Gasteiger partial charge in [-0.15, -0.1) is 23.7 Å². The van der Waals surface area contributed by atoms with E-state index < -0.39 is 0 Å². The van der Waals surface area contributed by atoms with Crippen LogP contribution >= 0.6 is 23.7 Å². The molecule has 5 heterocycles.